The van der Waals surface area contributed by atoms with Crippen molar-refractivity contribution in [1.82, 2.24) is 15.5 Å². The summed E-state index contributed by atoms with van der Waals surface area (Å²) in [5, 5.41) is 17.9. The molecule has 0 saturated carbocycles. The second kappa shape index (κ2) is 5.54. The lowest BCUT2D eigenvalue weighted by atomic mass is 10.2. The van der Waals surface area contributed by atoms with Gasteiger partial charge in [-0.3, -0.25) is 9.59 Å². The third-order valence-corrected chi connectivity index (χ3v) is 1.86. The quantitative estimate of drug-likeness (QED) is 0.573. The van der Waals surface area contributed by atoms with Gasteiger partial charge in [-0.15, -0.1) is 0 Å². The lowest BCUT2D eigenvalue weighted by Crippen LogP contribution is -2.43. The van der Waals surface area contributed by atoms with Crippen molar-refractivity contribution >= 4 is 17.8 Å². The number of carbonyl (C=O) groups is 3. The molecule has 0 aliphatic heterocycles. The molecule has 17 heavy (non-hydrogen) atoms. The van der Waals surface area contributed by atoms with Gasteiger partial charge in [0.2, 0.25) is 5.91 Å². The van der Waals surface area contributed by atoms with E-state index in [2.05, 4.69) is 15.5 Å². The van der Waals surface area contributed by atoms with E-state index in [0.29, 0.717) is 0 Å². The highest BCUT2D eigenvalue weighted by Crippen LogP contribution is 1.98. The lowest BCUT2D eigenvalue weighted by molar-refractivity contribution is -0.140. The fraction of sp³-hybridized carbons (Fsp3) is 0.222. The minimum Gasteiger partial charge on any atom is -0.480 e. The van der Waals surface area contributed by atoms with Gasteiger partial charge in [-0.1, -0.05) is 0 Å². The Hall–Kier alpha value is -2.51. The minimum absolute atomic E-state index is 0.149. The second-order valence-electron chi connectivity index (χ2n) is 3.17. The second-order valence-corrected chi connectivity index (χ2v) is 3.17. The van der Waals surface area contributed by atoms with E-state index in [1.54, 1.807) is 0 Å². The smallest absolute Gasteiger partial charge is 0.326 e. The number of primary amides is 1. The number of hydrogen-bond donors (Lipinski definition) is 3. The van der Waals surface area contributed by atoms with Crippen molar-refractivity contribution in [2.45, 2.75) is 12.5 Å². The van der Waals surface area contributed by atoms with E-state index in [0.717, 1.165) is 0 Å². The maximum absolute atomic E-state index is 11.5. The first-order valence-corrected chi connectivity index (χ1v) is 4.59. The number of nitrogens with two attached hydrogens (primary N) is 1. The highest BCUT2D eigenvalue weighted by atomic mass is 16.4. The first kappa shape index (κ1) is 12.6. The minimum atomic E-state index is -1.35. The average molecular weight is 238 g/mol. The van der Waals surface area contributed by atoms with E-state index in [4.69, 9.17) is 10.8 Å². The third kappa shape index (κ3) is 3.86. The van der Waals surface area contributed by atoms with Gasteiger partial charge in [0.1, 0.15) is 6.04 Å². The van der Waals surface area contributed by atoms with Gasteiger partial charge in [0, 0.05) is 0 Å². The van der Waals surface area contributed by atoms with Crippen molar-refractivity contribution in [3.8, 4) is 0 Å². The molecule has 1 heterocycles. The van der Waals surface area contributed by atoms with Crippen LogP contribution in [0.2, 0.25) is 0 Å². The number of carboxylic acids is 1. The van der Waals surface area contributed by atoms with E-state index in [1.165, 1.54) is 18.5 Å². The van der Waals surface area contributed by atoms with Crippen LogP contribution in [0.4, 0.5) is 0 Å². The van der Waals surface area contributed by atoms with Crippen molar-refractivity contribution < 1.29 is 19.5 Å². The Morgan fingerprint density at radius 3 is 2.59 bits per heavy atom. The number of carbonyl (C=O) groups excluding carboxylic acids is 2. The summed E-state index contributed by atoms with van der Waals surface area (Å²) in [5.41, 5.74) is 5.02. The summed E-state index contributed by atoms with van der Waals surface area (Å²) >= 11 is 0. The largest absolute Gasteiger partial charge is 0.480 e. The molecule has 1 aromatic heterocycles. The van der Waals surface area contributed by atoms with Crippen LogP contribution in [-0.2, 0) is 9.59 Å². The number of aromatic nitrogens is 2. The monoisotopic (exact) mass is 238 g/mol. The summed E-state index contributed by atoms with van der Waals surface area (Å²) in [7, 11) is 0. The normalized spacial score (nSPS) is 11.5. The SMILES string of the molecule is NC(=O)C[C@@H](NC(=O)c1ccnnc1)C(=O)O. The van der Waals surface area contributed by atoms with Crippen molar-refractivity contribution in [1.29, 1.82) is 0 Å². The molecule has 0 unspecified atom stereocenters. The van der Waals surface area contributed by atoms with Gasteiger partial charge >= 0.3 is 5.97 Å². The van der Waals surface area contributed by atoms with Crippen LogP contribution < -0.4 is 11.1 Å². The summed E-state index contributed by atoms with van der Waals surface area (Å²) in [6.45, 7) is 0. The van der Waals surface area contributed by atoms with Gasteiger partial charge < -0.3 is 16.2 Å². The lowest BCUT2D eigenvalue weighted by Gasteiger charge is -2.12. The summed E-state index contributed by atoms with van der Waals surface area (Å²) in [4.78, 5) is 32.9. The number of aliphatic carboxylic acids is 1. The van der Waals surface area contributed by atoms with Gasteiger partial charge in [0.25, 0.3) is 5.91 Å². The first-order chi connectivity index (χ1) is 8.00. The van der Waals surface area contributed by atoms with Crippen LogP contribution in [0.15, 0.2) is 18.5 Å². The Kier molecular flexibility index (Phi) is 4.09. The number of nitrogens with zero attached hydrogens (tertiary/aromatic N) is 2. The molecule has 8 heteroatoms. The molecule has 1 rings (SSSR count). The maximum atomic E-state index is 11.5. The highest BCUT2D eigenvalue weighted by Gasteiger charge is 2.22. The van der Waals surface area contributed by atoms with Crippen molar-refractivity contribution in [3.05, 3.63) is 24.0 Å². The summed E-state index contributed by atoms with van der Waals surface area (Å²) in [5.74, 6) is -2.81. The summed E-state index contributed by atoms with van der Waals surface area (Å²) in [6.07, 6.45) is 2.00. The van der Waals surface area contributed by atoms with Crippen molar-refractivity contribution in [3.63, 3.8) is 0 Å². The molecule has 0 spiro atoms. The number of rotatable bonds is 5. The van der Waals surface area contributed by atoms with Gasteiger partial charge in [-0.2, -0.15) is 10.2 Å². The molecule has 0 aliphatic carbocycles. The zero-order valence-corrected chi connectivity index (χ0v) is 8.66. The third-order valence-electron chi connectivity index (χ3n) is 1.86. The molecule has 0 aromatic carbocycles. The summed E-state index contributed by atoms with van der Waals surface area (Å²) < 4.78 is 0. The number of carboxylic acid groups (broad SMARTS) is 1. The fourth-order valence-corrected chi connectivity index (χ4v) is 1.07. The van der Waals surface area contributed by atoms with Crippen LogP contribution in [0.5, 0.6) is 0 Å². The zero-order chi connectivity index (χ0) is 12.8. The Balaban J connectivity index is 2.71. The molecule has 0 aliphatic rings. The van der Waals surface area contributed by atoms with E-state index in [-0.39, 0.29) is 5.56 Å². The molecule has 90 valence electrons. The van der Waals surface area contributed by atoms with Crippen LogP contribution in [0.3, 0.4) is 0 Å². The van der Waals surface area contributed by atoms with E-state index < -0.39 is 30.2 Å². The molecular formula is C9H10N4O4. The van der Waals surface area contributed by atoms with E-state index in [9.17, 15) is 14.4 Å². The Morgan fingerprint density at radius 2 is 2.12 bits per heavy atom. The van der Waals surface area contributed by atoms with Gasteiger partial charge in [0.05, 0.1) is 24.4 Å². The topological polar surface area (TPSA) is 135 Å². The van der Waals surface area contributed by atoms with E-state index >= 15 is 0 Å². The molecule has 8 nitrogen and oxygen atoms in total. The predicted molar refractivity (Wildman–Crippen MR) is 54.7 cm³/mol. The Labute approximate surface area is 95.8 Å². The van der Waals surface area contributed by atoms with Crippen LogP contribution >= 0.6 is 0 Å². The van der Waals surface area contributed by atoms with Gasteiger partial charge in [0.15, 0.2) is 0 Å². The number of amides is 2. The molecular weight excluding hydrogens is 228 g/mol. The van der Waals surface area contributed by atoms with Crippen LogP contribution in [0.25, 0.3) is 0 Å². The Morgan fingerprint density at radius 1 is 1.41 bits per heavy atom. The average Bonchev–Trinajstić information content (AvgIpc) is 2.28. The highest BCUT2D eigenvalue weighted by molar-refractivity contribution is 5.97. The first-order valence-electron chi connectivity index (χ1n) is 4.59. The molecule has 1 atom stereocenters. The van der Waals surface area contributed by atoms with Crippen LogP contribution in [0.1, 0.15) is 16.8 Å². The molecule has 0 bridgehead atoms. The molecule has 0 fully saturated rings. The molecule has 4 N–H and O–H groups in total. The van der Waals surface area contributed by atoms with Gasteiger partial charge in [-0.05, 0) is 6.07 Å². The van der Waals surface area contributed by atoms with Crippen molar-refractivity contribution in [2.75, 3.05) is 0 Å². The summed E-state index contributed by atoms with van der Waals surface area (Å²) in [6, 6.07) is 0.0130. The molecule has 2 amide bonds. The fourth-order valence-electron chi connectivity index (χ4n) is 1.07. The molecule has 1 aromatic rings. The number of hydrogen-bond acceptors (Lipinski definition) is 5. The van der Waals surface area contributed by atoms with E-state index in [1.807, 2.05) is 0 Å². The van der Waals surface area contributed by atoms with Crippen LogP contribution in [-0.4, -0.2) is 39.1 Å². The van der Waals surface area contributed by atoms with Crippen LogP contribution in [0, 0.1) is 0 Å². The van der Waals surface area contributed by atoms with Crippen molar-refractivity contribution in [2.24, 2.45) is 5.73 Å². The van der Waals surface area contributed by atoms with Gasteiger partial charge in [-0.25, -0.2) is 4.79 Å². The standard InChI is InChI=1S/C9H10N4O4/c10-7(14)3-6(9(16)17)13-8(15)5-1-2-11-12-4-5/h1-2,4,6H,3H2,(H2,10,14)(H,13,15)(H,16,17)/t6-/m1/s1. The predicted octanol–water partition coefficient (Wildman–Crippen LogP) is -1.46. The molecule has 0 radical (unpaired) electrons. The number of nitrogens with one attached hydrogen (secondary N) is 1. The Bertz CT molecular complexity index is 434. The molecule has 0 saturated heterocycles. The maximum Gasteiger partial charge on any atom is 0.326 e. The zero-order valence-electron chi connectivity index (χ0n) is 8.66.